The van der Waals surface area contributed by atoms with Crippen molar-refractivity contribution in [3.8, 4) is 0 Å². The number of nitrogens with zero attached hydrogens (tertiary/aromatic N) is 3. The van der Waals surface area contributed by atoms with Gasteiger partial charge in [-0.3, -0.25) is 9.59 Å². The largest absolute Gasteiger partial charge is 0.386 e. The number of pyridine rings is 2. The van der Waals surface area contributed by atoms with Crippen LogP contribution in [0.4, 0.5) is 21.6 Å². The van der Waals surface area contributed by atoms with Crippen molar-refractivity contribution in [1.82, 2.24) is 25.3 Å². The molecule has 0 radical (unpaired) electrons. The summed E-state index contributed by atoms with van der Waals surface area (Å²) in [5.41, 5.74) is 1.10. The number of amides is 1. The summed E-state index contributed by atoms with van der Waals surface area (Å²) in [6.45, 7) is 0.853. The first-order valence-corrected chi connectivity index (χ1v) is 11.6. The Hall–Kier alpha value is -3.51. The highest BCUT2D eigenvalue weighted by molar-refractivity contribution is 6.05. The molecular weight excluding hydrogens is 457 g/mol. The number of hydrogen-bond acceptors (Lipinski definition) is 9. The predicted octanol–water partition coefficient (Wildman–Crippen LogP) is 1.95. The molecular formula is C23H28FN7O4. The number of hydrogen-bond donors (Lipinski definition) is 4. The van der Waals surface area contributed by atoms with Crippen molar-refractivity contribution >= 4 is 34.1 Å². The van der Waals surface area contributed by atoms with E-state index in [1.807, 2.05) is 0 Å². The number of rotatable bonds is 7. The highest BCUT2D eigenvalue weighted by Crippen LogP contribution is 2.29. The van der Waals surface area contributed by atoms with Gasteiger partial charge in [-0.05, 0) is 37.9 Å². The van der Waals surface area contributed by atoms with Crippen LogP contribution < -0.4 is 26.8 Å². The number of piperidine rings is 1. The fourth-order valence-corrected chi connectivity index (χ4v) is 4.60. The lowest BCUT2D eigenvalue weighted by Crippen LogP contribution is -2.51. The highest BCUT2D eigenvalue weighted by Gasteiger charge is 2.34. The molecule has 3 aromatic heterocycles. The van der Waals surface area contributed by atoms with Crippen molar-refractivity contribution in [3.63, 3.8) is 0 Å². The topological polar surface area (TPSA) is 135 Å². The number of anilines is 3. The van der Waals surface area contributed by atoms with Gasteiger partial charge in [0.05, 0.1) is 23.9 Å². The van der Waals surface area contributed by atoms with Gasteiger partial charge in [0.1, 0.15) is 23.2 Å². The van der Waals surface area contributed by atoms with E-state index in [1.165, 1.54) is 4.57 Å². The van der Waals surface area contributed by atoms with Gasteiger partial charge in [0, 0.05) is 33.0 Å². The molecule has 0 unspecified atom stereocenters. The van der Waals surface area contributed by atoms with Crippen molar-refractivity contribution in [2.24, 2.45) is 0 Å². The van der Waals surface area contributed by atoms with Gasteiger partial charge in [0.2, 0.25) is 5.76 Å². The molecule has 2 aliphatic rings. The Kier molecular flexibility index (Phi) is 6.39. The summed E-state index contributed by atoms with van der Waals surface area (Å²) in [7, 11) is 3.32. The molecule has 0 aromatic carbocycles. The standard InChI is InChI=1S/C23H28FN7O4/c1-25-15-10-18(27-14-4-3-9-31(23(14)33)16-7-8-26-11-12(16)24)29-20-19(15)30-35-21(20)22(32)28-13-5-6-17(13)34-2/h3-4,9-10,12-13,16-17,25-26H,5-8,11H2,1-2H3,(H,27,29)(H,28,32)/t12-,13-,16-,17-/m1/s1. The van der Waals surface area contributed by atoms with Crippen molar-refractivity contribution in [2.45, 2.75) is 43.6 Å². The Morgan fingerprint density at radius 3 is 2.86 bits per heavy atom. The molecule has 35 heavy (non-hydrogen) atoms. The number of ether oxygens (including phenoxy) is 1. The van der Waals surface area contributed by atoms with Crippen LogP contribution in [-0.2, 0) is 4.74 Å². The number of halogens is 1. The summed E-state index contributed by atoms with van der Waals surface area (Å²) in [5, 5.41) is 16.0. The highest BCUT2D eigenvalue weighted by atomic mass is 19.1. The normalized spacial score (nSPS) is 24.1. The van der Waals surface area contributed by atoms with Crippen LogP contribution in [0.15, 0.2) is 33.7 Å². The zero-order valence-corrected chi connectivity index (χ0v) is 19.5. The van der Waals surface area contributed by atoms with Crippen LogP contribution in [0.5, 0.6) is 0 Å². The first-order chi connectivity index (χ1) is 17.0. The van der Waals surface area contributed by atoms with Crippen molar-refractivity contribution in [2.75, 3.05) is 37.9 Å². The summed E-state index contributed by atoms with van der Waals surface area (Å²) in [5.74, 6) is -0.148. The van der Waals surface area contributed by atoms with Crippen LogP contribution in [0.3, 0.4) is 0 Å². The Balaban J connectivity index is 1.45. The van der Waals surface area contributed by atoms with Crippen LogP contribution in [0.2, 0.25) is 0 Å². The molecule has 1 amide bonds. The van der Waals surface area contributed by atoms with Gasteiger partial charge >= 0.3 is 0 Å². The monoisotopic (exact) mass is 485 g/mol. The van der Waals surface area contributed by atoms with E-state index in [1.54, 1.807) is 38.6 Å². The summed E-state index contributed by atoms with van der Waals surface area (Å²) < 4.78 is 26.6. The minimum atomic E-state index is -1.16. The van der Waals surface area contributed by atoms with Crippen LogP contribution in [0, 0.1) is 0 Å². The number of fused-ring (bicyclic) bond motifs is 1. The van der Waals surface area contributed by atoms with Gasteiger partial charge in [0.25, 0.3) is 11.5 Å². The molecule has 2 fully saturated rings. The SMILES string of the molecule is CNc1cc(Nc2cccn([C@@H]3CCNC[C@H]3F)c2=O)nc2c(C(=O)N[C@@H]3CC[C@H]3OC)onc12. The molecule has 1 saturated carbocycles. The fraction of sp³-hybridized carbons (Fsp3) is 0.478. The fourth-order valence-electron chi connectivity index (χ4n) is 4.60. The smallest absolute Gasteiger partial charge is 0.292 e. The lowest BCUT2D eigenvalue weighted by atomic mass is 9.89. The summed E-state index contributed by atoms with van der Waals surface area (Å²) >= 11 is 0. The molecule has 5 rings (SSSR count). The van der Waals surface area contributed by atoms with E-state index >= 15 is 0 Å². The third-order valence-electron chi connectivity index (χ3n) is 6.71. The minimum absolute atomic E-state index is 0.0256. The molecule has 4 atom stereocenters. The lowest BCUT2D eigenvalue weighted by Gasteiger charge is -2.35. The molecule has 0 bridgehead atoms. The molecule has 186 valence electrons. The number of carbonyl (C=O) groups is 1. The summed E-state index contributed by atoms with van der Waals surface area (Å²) in [6, 6.07) is 4.33. The molecule has 4 heterocycles. The number of alkyl halides is 1. The van der Waals surface area contributed by atoms with Crippen molar-refractivity contribution in [3.05, 3.63) is 40.5 Å². The van der Waals surface area contributed by atoms with Crippen molar-refractivity contribution < 1.29 is 18.4 Å². The number of aromatic nitrogens is 3. The number of carbonyl (C=O) groups excluding carboxylic acids is 1. The Labute approximate surface area is 200 Å². The van der Waals surface area contributed by atoms with Crippen LogP contribution in [0.25, 0.3) is 11.0 Å². The third kappa shape index (κ3) is 4.34. The first-order valence-electron chi connectivity index (χ1n) is 11.6. The van der Waals surface area contributed by atoms with E-state index in [0.717, 1.165) is 12.8 Å². The second-order valence-electron chi connectivity index (χ2n) is 8.78. The number of nitrogens with one attached hydrogen (secondary N) is 4. The van der Waals surface area contributed by atoms with Gasteiger partial charge in [-0.2, -0.15) is 0 Å². The van der Waals surface area contributed by atoms with Gasteiger partial charge in [-0.25, -0.2) is 9.37 Å². The second-order valence-corrected chi connectivity index (χ2v) is 8.78. The van der Waals surface area contributed by atoms with E-state index in [0.29, 0.717) is 30.0 Å². The Morgan fingerprint density at radius 1 is 1.29 bits per heavy atom. The van der Waals surface area contributed by atoms with Crippen LogP contribution in [0.1, 0.15) is 35.9 Å². The molecule has 4 N–H and O–H groups in total. The molecule has 1 aliphatic heterocycles. The minimum Gasteiger partial charge on any atom is -0.386 e. The summed E-state index contributed by atoms with van der Waals surface area (Å²) in [6.07, 6.45) is 2.62. The van der Waals surface area contributed by atoms with Gasteiger partial charge in [0.15, 0.2) is 5.52 Å². The maximum Gasteiger partial charge on any atom is 0.292 e. The van der Waals surface area contributed by atoms with E-state index < -0.39 is 18.1 Å². The number of methoxy groups -OCH3 is 1. The molecule has 1 aliphatic carbocycles. The second kappa shape index (κ2) is 9.62. The van der Waals surface area contributed by atoms with Gasteiger partial charge < -0.3 is 35.1 Å². The van der Waals surface area contributed by atoms with Gasteiger partial charge in [-0.15, -0.1) is 0 Å². The predicted molar refractivity (Wildman–Crippen MR) is 128 cm³/mol. The zero-order valence-electron chi connectivity index (χ0n) is 19.5. The quantitative estimate of drug-likeness (QED) is 0.396. The average Bonchev–Trinajstić information content (AvgIpc) is 3.27. The Bertz CT molecular complexity index is 1290. The van der Waals surface area contributed by atoms with E-state index in [9.17, 15) is 14.0 Å². The van der Waals surface area contributed by atoms with Crippen LogP contribution >= 0.6 is 0 Å². The molecule has 11 nitrogen and oxygen atoms in total. The Morgan fingerprint density at radius 2 is 2.14 bits per heavy atom. The first kappa shape index (κ1) is 23.2. The molecule has 1 saturated heterocycles. The van der Waals surface area contributed by atoms with E-state index in [-0.39, 0.29) is 41.2 Å². The zero-order chi connectivity index (χ0) is 24.5. The third-order valence-corrected chi connectivity index (χ3v) is 6.71. The van der Waals surface area contributed by atoms with E-state index in [2.05, 4.69) is 31.4 Å². The van der Waals surface area contributed by atoms with Crippen molar-refractivity contribution in [1.29, 1.82) is 0 Å². The maximum absolute atomic E-state index is 14.5. The average molecular weight is 486 g/mol. The van der Waals surface area contributed by atoms with Gasteiger partial charge in [-0.1, -0.05) is 5.16 Å². The maximum atomic E-state index is 14.5. The van der Waals surface area contributed by atoms with Crippen LogP contribution in [-0.4, -0.2) is 66.2 Å². The molecule has 0 spiro atoms. The molecule has 3 aromatic rings. The molecule has 12 heteroatoms. The summed E-state index contributed by atoms with van der Waals surface area (Å²) in [4.78, 5) is 30.5. The lowest BCUT2D eigenvalue weighted by molar-refractivity contribution is 0.00678. The van der Waals surface area contributed by atoms with E-state index in [4.69, 9.17) is 9.26 Å².